The van der Waals surface area contributed by atoms with Gasteiger partial charge in [0.2, 0.25) is 0 Å². The molecule has 0 saturated heterocycles. The Balaban J connectivity index is 0.00000363. The van der Waals surface area contributed by atoms with Crippen LogP contribution < -0.4 is 16.4 Å². The monoisotopic (exact) mass is 564 g/mol. The van der Waals surface area contributed by atoms with Crippen molar-refractivity contribution in [2.24, 2.45) is 4.99 Å². The summed E-state index contributed by atoms with van der Waals surface area (Å²) in [4.78, 5) is 10.0. The summed E-state index contributed by atoms with van der Waals surface area (Å²) in [7, 11) is 1.75. The number of rotatable bonds is 9. The van der Waals surface area contributed by atoms with Gasteiger partial charge in [0.05, 0.1) is 16.4 Å². The second-order valence-electron chi connectivity index (χ2n) is 6.92. The third kappa shape index (κ3) is 6.67. The number of aromatic nitrogens is 3. The molecule has 2 aromatic heterocycles. The van der Waals surface area contributed by atoms with Crippen LogP contribution in [0.4, 0.5) is 5.82 Å². The number of anilines is 1. The number of aliphatic imine (C=N–C) groups is 1. The third-order valence-corrected chi connectivity index (χ3v) is 6.00. The van der Waals surface area contributed by atoms with Crippen molar-refractivity contribution in [2.75, 3.05) is 25.9 Å². The van der Waals surface area contributed by atoms with Crippen LogP contribution in [0.3, 0.4) is 0 Å². The number of nitrogens with one attached hydrogen (secondary N) is 2. The van der Waals surface area contributed by atoms with Crippen molar-refractivity contribution in [3.8, 4) is 11.8 Å². The average molecular weight is 565 g/mol. The molecule has 0 aliphatic rings. The first-order valence-electron chi connectivity index (χ1n) is 10.4. The predicted molar refractivity (Wildman–Crippen MR) is 141 cm³/mol. The highest BCUT2D eigenvalue weighted by Gasteiger charge is 2.16. The summed E-state index contributed by atoms with van der Waals surface area (Å²) < 4.78 is 1.63. The van der Waals surface area contributed by atoms with E-state index in [0.717, 1.165) is 42.5 Å². The lowest BCUT2D eigenvalue weighted by Gasteiger charge is -2.11. The van der Waals surface area contributed by atoms with Crippen molar-refractivity contribution in [3.63, 3.8) is 0 Å². The van der Waals surface area contributed by atoms with Crippen LogP contribution in [0.1, 0.15) is 34.5 Å². The number of thiazole rings is 1. The number of hydrogen-bond acceptors (Lipinski definition) is 6. The van der Waals surface area contributed by atoms with Gasteiger partial charge in [-0.1, -0.05) is 25.1 Å². The molecule has 0 spiro atoms. The molecular formula is C22H29IN8S. The van der Waals surface area contributed by atoms with Crippen LogP contribution in [-0.2, 0) is 19.3 Å². The molecule has 0 fully saturated rings. The van der Waals surface area contributed by atoms with Gasteiger partial charge in [0.1, 0.15) is 17.5 Å². The van der Waals surface area contributed by atoms with E-state index in [4.69, 9.17) is 5.73 Å². The first-order valence-corrected chi connectivity index (χ1v) is 11.2. The van der Waals surface area contributed by atoms with Crippen LogP contribution in [0.5, 0.6) is 0 Å². The molecule has 2 heterocycles. The quantitative estimate of drug-likeness (QED) is 0.159. The van der Waals surface area contributed by atoms with Crippen molar-refractivity contribution in [1.29, 1.82) is 5.26 Å². The van der Waals surface area contributed by atoms with E-state index in [9.17, 15) is 5.26 Å². The number of para-hydroxylation sites is 1. The third-order valence-electron chi connectivity index (χ3n) is 4.79. The molecule has 0 amide bonds. The number of hydrogen-bond donors (Lipinski definition) is 3. The smallest absolute Gasteiger partial charge is 0.190 e. The van der Waals surface area contributed by atoms with Crippen molar-refractivity contribution in [1.82, 2.24) is 25.4 Å². The maximum absolute atomic E-state index is 9.52. The number of aryl methyl sites for hydroxylation is 2. The van der Waals surface area contributed by atoms with Crippen LogP contribution >= 0.6 is 35.3 Å². The van der Waals surface area contributed by atoms with Crippen LogP contribution in [-0.4, -0.2) is 40.9 Å². The molecule has 8 nitrogen and oxygen atoms in total. The molecule has 0 bridgehead atoms. The van der Waals surface area contributed by atoms with Gasteiger partial charge in [-0.05, 0) is 31.4 Å². The fourth-order valence-corrected chi connectivity index (χ4v) is 4.00. The topological polar surface area (TPSA) is 117 Å². The lowest BCUT2D eigenvalue weighted by Crippen LogP contribution is -2.38. The van der Waals surface area contributed by atoms with Crippen molar-refractivity contribution in [3.05, 3.63) is 57.7 Å². The summed E-state index contributed by atoms with van der Waals surface area (Å²) in [6, 6.07) is 11.8. The molecule has 0 aliphatic carbocycles. The lowest BCUT2D eigenvalue weighted by atomic mass is 10.1. The average Bonchev–Trinajstić information content (AvgIpc) is 3.39. The van der Waals surface area contributed by atoms with Gasteiger partial charge in [0, 0.05) is 37.6 Å². The van der Waals surface area contributed by atoms with Gasteiger partial charge in [-0.15, -0.1) is 35.3 Å². The summed E-state index contributed by atoms with van der Waals surface area (Å²) in [5.41, 5.74) is 8.16. The Bertz CT molecular complexity index is 1050. The number of nitrogens with zero attached hydrogens (tertiary/aromatic N) is 5. The van der Waals surface area contributed by atoms with E-state index in [2.05, 4.69) is 38.7 Å². The largest absolute Gasteiger partial charge is 0.382 e. The van der Waals surface area contributed by atoms with Crippen LogP contribution in [0.2, 0.25) is 0 Å². The molecule has 10 heteroatoms. The fourth-order valence-electron chi connectivity index (χ4n) is 3.14. The zero-order chi connectivity index (χ0) is 22.1. The van der Waals surface area contributed by atoms with E-state index in [1.165, 1.54) is 4.88 Å². The van der Waals surface area contributed by atoms with Gasteiger partial charge in [-0.25, -0.2) is 9.67 Å². The Hall–Kier alpha value is -2.65. The van der Waals surface area contributed by atoms with Gasteiger partial charge in [0.15, 0.2) is 5.96 Å². The first kappa shape index (κ1) is 25.6. The van der Waals surface area contributed by atoms with E-state index in [0.29, 0.717) is 30.0 Å². The number of halogens is 1. The second kappa shape index (κ2) is 13.0. The molecule has 4 N–H and O–H groups in total. The summed E-state index contributed by atoms with van der Waals surface area (Å²) >= 11 is 1.76. The number of benzene rings is 1. The minimum Gasteiger partial charge on any atom is -0.382 e. The van der Waals surface area contributed by atoms with Gasteiger partial charge in [0.25, 0.3) is 0 Å². The number of nitriles is 1. The van der Waals surface area contributed by atoms with E-state index in [-0.39, 0.29) is 24.0 Å². The van der Waals surface area contributed by atoms with E-state index in [1.54, 1.807) is 23.1 Å². The lowest BCUT2D eigenvalue weighted by molar-refractivity contribution is 0.720. The fraction of sp³-hybridized carbons (Fsp3) is 0.364. The zero-order valence-corrected chi connectivity index (χ0v) is 21.5. The standard InChI is InChI=1S/C22H28N8S.HI/c1-3-17-15-28-20(31-17)11-13-27-22(25-2)26-12-7-10-19-18(14-23)21(24)30(29-19)16-8-5-4-6-9-16;/h4-6,8-9,15H,3,7,10-13,24H2,1-2H3,(H2,25,26,27);1H. The number of guanidine groups is 1. The molecule has 0 radical (unpaired) electrons. The van der Waals surface area contributed by atoms with Gasteiger partial charge in [-0.2, -0.15) is 10.4 Å². The molecule has 3 rings (SSSR count). The minimum absolute atomic E-state index is 0. The molecule has 32 heavy (non-hydrogen) atoms. The molecule has 0 unspecified atom stereocenters. The van der Waals surface area contributed by atoms with E-state index < -0.39 is 0 Å². The van der Waals surface area contributed by atoms with Crippen LogP contribution in [0.15, 0.2) is 41.5 Å². The second-order valence-corrected chi connectivity index (χ2v) is 8.12. The minimum atomic E-state index is 0. The van der Waals surface area contributed by atoms with Crippen molar-refractivity contribution < 1.29 is 0 Å². The van der Waals surface area contributed by atoms with Gasteiger partial charge < -0.3 is 16.4 Å². The van der Waals surface area contributed by atoms with Crippen molar-refractivity contribution in [2.45, 2.75) is 32.6 Å². The SMILES string of the molecule is CCc1cnc(CCNC(=NC)NCCCc2nn(-c3ccccc3)c(N)c2C#N)s1.I. The number of nitrogen functional groups attached to an aromatic ring is 1. The summed E-state index contributed by atoms with van der Waals surface area (Å²) in [5, 5.41) is 21.8. The van der Waals surface area contributed by atoms with Crippen molar-refractivity contribution >= 4 is 47.1 Å². The highest BCUT2D eigenvalue weighted by atomic mass is 127. The van der Waals surface area contributed by atoms with Crippen LogP contribution in [0, 0.1) is 11.3 Å². The highest BCUT2D eigenvalue weighted by Crippen LogP contribution is 2.21. The molecule has 3 aromatic rings. The van der Waals surface area contributed by atoms with Crippen LogP contribution in [0.25, 0.3) is 5.69 Å². The predicted octanol–water partition coefficient (Wildman–Crippen LogP) is 3.30. The molecule has 0 saturated carbocycles. The summed E-state index contributed by atoms with van der Waals surface area (Å²) in [5.74, 6) is 1.13. The highest BCUT2D eigenvalue weighted by molar-refractivity contribution is 14.0. The Morgan fingerprint density at radius 1 is 1.22 bits per heavy atom. The summed E-state index contributed by atoms with van der Waals surface area (Å²) in [6.45, 7) is 3.62. The number of nitrogens with two attached hydrogens (primary N) is 1. The van der Waals surface area contributed by atoms with E-state index >= 15 is 0 Å². The molecule has 0 aliphatic heterocycles. The van der Waals surface area contributed by atoms with E-state index in [1.807, 2.05) is 36.5 Å². The maximum Gasteiger partial charge on any atom is 0.190 e. The van der Waals surface area contributed by atoms with Gasteiger partial charge in [-0.3, -0.25) is 4.99 Å². The molecule has 1 aromatic carbocycles. The Labute approximate surface area is 210 Å². The molecule has 170 valence electrons. The Morgan fingerprint density at radius 3 is 2.62 bits per heavy atom. The molecule has 0 atom stereocenters. The summed E-state index contributed by atoms with van der Waals surface area (Å²) in [6.07, 6.45) is 5.29. The Kier molecular flexibility index (Phi) is 10.4. The maximum atomic E-state index is 9.52. The normalized spacial score (nSPS) is 11.0. The van der Waals surface area contributed by atoms with Gasteiger partial charge >= 0.3 is 0 Å². The zero-order valence-electron chi connectivity index (χ0n) is 18.3. The Morgan fingerprint density at radius 2 is 1.97 bits per heavy atom. The molecular weight excluding hydrogens is 535 g/mol. The first-order chi connectivity index (χ1) is 15.2.